The lowest BCUT2D eigenvalue weighted by atomic mass is 10.3. The third-order valence-corrected chi connectivity index (χ3v) is 7.00. The number of carbonyl (C=O) groups excluding carboxylic acids is 1. The van der Waals surface area contributed by atoms with Crippen LogP contribution in [0.5, 0.6) is 0 Å². The van der Waals surface area contributed by atoms with E-state index in [1.807, 2.05) is 6.92 Å². The summed E-state index contributed by atoms with van der Waals surface area (Å²) in [6, 6.07) is -0.674. The van der Waals surface area contributed by atoms with Gasteiger partial charge in [0.15, 0.2) is 11.5 Å². The van der Waals surface area contributed by atoms with E-state index < -0.39 is 19.5 Å². The number of carbonyl (C=O) groups is 1. The van der Waals surface area contributed by atoms with Gasteiger partial charge in [0.2, 0.25) is 0 Å². The number of rotatable bonds is 7. The van der Waals surface area contributed by atoms with E-state index in [1.54, 1.807) is 22.5 Å². The highest BCUT2D eigenvalue weighted by Gasteiger charge is 2.41. The van der Waals surface area contributed by atoms with Crippen molar-refractivity contribution >= 4 is 30.5 Å². The Morgan fingerprint density at radius 1 is 1.39 bits per heavy atom. The van der Waals surface area contributed by atoms with Gasteiger partial charge in [-0.1, -0.05) is 0 Å². The Morgan fingerprint density at radius 2 is 2.18 bits per heavy atom. The highest BCUT2D eigenvalue weighted by atomic mass is 31.2. The van der Waals surface area contributed by atoms with Crippen LogP contribution in [0.3, 0.4) is 0 Å². The molecule has 1 aliphatic heterocycles. The topological polar surface area (TPSA) is 135 Å². The molecule has 11 nitrogen and oxygen atoms in total. The maximum absolute atomic E-state index is 13.3. The number of imidazole rings is 1. The molecular formula is C16H25N6O5P. The lowest BCUT2D eigenvalue weighted by molar-refractivity contribution is -0.145. The molecule has 12 heteroatoms. The van der Waals surface area contributed by atoms with E-state index in [-0.39, 0.29) is 12.5 Å². The average molecular weight is 412 g/mol. The molecule has 0 saturated carbocycles. The van der Waals surface area contributed by atoms with Crippen LogP contribution >= 0.6 is 7.52 Å². The number of methoxy groups -OCH3 is 1. The van der Waals surface area contributed by atoms with Gasteiger partial charge >= 0.3 is 5.97 Å². The van der Waals surface area contributed by atoms with Gasteiger partial charge in [-0.2, -0.15) is 0 Å². The van der Waals surface area contributed by atoms with Crippen molar-refractivity contribution in [1.82, 2.24) is 24.2 Å². The van der Waals surface area contributed by atoms with Crippen molar-refractivity contribution in [1.29, 1.82) is 0 Å². The van der Waals surface area contributed by atoms with Gasteiger partial charge in [0.25, 0.3) is 7.52 Å². The minimum atomic E-state index is -3.31. The summed E-state index contributed by atoms with van der Waals surface area (Å²) in [4.78, 5) is 24.2. The molecule has 2 aromatic heterocycles. The van der Waals surface area contributed by atoms with Gasteiger partial charge in [-0.3, -0.25) is 9.36 Å². The largest absolute Gasteiger partial charge is 0.468 e. The number of nitrogen functional groups attached to an aromatic ring is 1. The summed E-state index contributed by atoms with van der Waals surface area (Å²) in [7, 11) is -2.00. The van der Waals surface area contributed by atoms with E-state index >= 15 is 0 Å². The van der Waals surface area contributed by atoms with Crippen LogP contribution in [0.4, 0.5) is 5.82 Å². The SMILES string of the molecule is COC(=O)[C@H](C)N1CCCO[P@@]1(=O)CO[C@H](C)Cn1cnc2c(N)ncnc21. The van der Waals surface area contributed by atoms with Crippen LogP contribution < -0.4 is 5.73 Å². The van der Waals surface area contributed by atoms with E-state index in [0.717, 1.165) is 0 Å². The molecule has 1 fully saturated rings. The molecule has 1 saturated heterocycles. The van der Waals surface area contributed by atoms with Crippen LogP contribution in [0, 0.1) is 0 Å². The molecule has 0 radical (unpaired) electrons. The van der Waals surface area contributed by atoms with E-state index in [1.165, 1.54) is 13.4 Å². The Morgan fingerprint density at radius 3 is 2.93 bits per heavy atom. The summed E-state index contributed by atoms with van der Waals surface area (Å²) in [6.45, 7) is 4.77. The Bertz CT molecular complexity index is 890. The molecule has 2 N–H and O–H groups in total. The van der Waals surface area contributed by atoms with Crippen molar-refractivity contribution in [2.75, 3.05) is 32.3 Å². The Labute approximate surface area is 162 Å². The number of nitrogens with two attached hydrogens (primary N) is 1. The lowest BCUT2D eigenvalue weighted by Gasteiger charge is -2.37. The number of anilines is 1. The molecule has 0 bridgehead atoms. The number of hydrogen-bond acceptors (Lipinski definition) is 9. The molecule has 0 aliphatic carbocycles. The standard InChI is InChI=1S/C16H25N6O5P/c1-11(7-21-9-20-13-14(17)18-8-19-15(13)21)26-10-28(24)22(5-4-6-27-28)12(2)16(23)25-3/h8-9,11-12H,4-7,10H2,1-3H3,(H2,17,18,19)/t11-,12+,28+/m1/s1. The van der Waals surface area contributed by atoms with Crippen molar-refractivity contribution in [2.24, 2.45) is 0 Å². The molecule has 1 aliphatic rings. The predicted molar refractivity (Wildman–Crippen MR) is 102 cm³/mol. The van der Waals surface area contributed by atoms with Crippen LogP contribution in [0.1, 0.15) is 20.3 Å². The summed E-state index contributed by atoms with van der Waals surface area (Å²) in [5.74, 6) is -0.147. The maximum atomic E-state index is 13.3. The minimum Gasteiger partial charge on any atom is -0.468 e. The Balaban J connectivity index is 1.66. The fourth-order valence-corrected chi connectivity index (χ4v) is 5.40. The number of nitrogens with zero attached hydrogens (tertiary/aromatic N) is 5. The molecule has 28 heavy (non-hydrogen) atoms. The first kappa shape index (κ1) is 20.7. The first-order valence-corrected chi connectivity index (χ1v) is 10.7. The molecule has 3 atom stereocenters. The number of fused-ring (bicyclic) bond motifs is 1. The van der Waals surface area contributed by atoms with Crippen molar-refractivity contribution in [3.8, 4) is 0 Å². The van der Waals surface area contributed by atoms with Crippen molar-refractivity contribution < 1.29 is 23.4 Å². The third kappa shape index (κ3) is 4.17. The summed E-state index contributed by atoms with van der Waals surface area (Å²) < 4.78 is 32.8. The first-order chi connectivity index (χ1) is 13.4. The Kier molecular flexibility index (Phi) is 6.29. The van der Waals surface area contributed by atoms with Gasteiger partial charge in [0.05, 0.1) is 32.7 Å². The van der Waals surface area contributed by atoms with Crippen LogP contribution in [0.15, 0.2) is 12.7 Å². The van der Waals surface area contributed by atoms with E-state index in [2.05, 4.69) is 15.0 Å². The zero-order chi connectivity index (χ0) is 20.3. The molecule has 2 aromatic rings. The van der Waals surface area contributed by atoms with Gasteiger partial charge in [-0.05, 0) is 20.3 Å². The van der Waals surface area contributed by atoms with Crippen molar-refractivity contribution in [3.63, 3.8) is 0 Å². The molecule has 3 heterocycles. The van der Waals surface area contributed by atoms with Gasteiger partial charge in [0, 0.05) is 6.54 Å². The molecule has 154 valence electrons. The number of hydrogen-bond donors (Lipinski definition) is 1. The number of aromatic nitrogens is 4. The molecule has 0 amide bonds. The first-order valence-electron chi connectivity index (χ1n) is 8.97. The molecule has 0 unspecified atom stereocenters. The smallest absolute Gasteiger partial charge is 0.323 e. The van der Waals surface area contributed by atoms with E-state index in [0.29, 0.717) is 43.1 Å². The average Bonchev–Trinajstić information content (AvgIpc) is 3.10. The van der Waals surface area contributed by atoms with Crippen molar-refractivity contribution in [2.45, 2.75) is 39.0 Å². The second kappa shape index (κ2) is 8.52. The predicted octanol–water partition coefficient (Wildman–Crippen LogP) is 1.25. The molecular weight excluding hydrogens is 387 g/mol. The van der Waals surface area contributed by atoms with Gasteiger partial charge in [-0.15, -0.1) is 0 Å². The van der Waals surface area contributed by atoms with E-state index in [9.17, 15) is 9.36 Å². The summed E-state index contributed by atoms with van der Waals surface area (Å²) in [5, 5.41) is 0. The minimum absolute atomic E-state index is 0.126. The number of esters is 1. The Hall–Kier alpha value is -2.07. The van der Waals surface area contributed by atoms with Gasteiger partial charge < -0.3 is 24.3 Å². The van der Waals surface area contributed by atoms with Crippen LogP contribution in [-0.2, 0) is 29.9 Å². The van der Waals surface area contributed by atoms with Crippen LogP contribution in [0.2, 0.25) is 0 Å². The van der Waals surface area contributed by atoms with Crippen molar-refractivity contribution in [3.05, 3.63) is 12.7 Å². The summed E-state index contributed by atoms with van der Waals surface area (Å²) >= 11 is 0. The highest BCUT2D eigenvalue weighted by Crippen LogP contribution is 2.54. The summed E-state index contributed by atoms with van der Waals surface area (Å²) in [5.41, 5.74) is 6.92. The maximum Gasteiger partial charge on any atom is 0.323 e. The molecule has 0 spiro atoms. The van der Waals surface area contributed by atoms with Gasteiger partial charge in [-0.25, -0.2) is 19.6 Å². The fourth-order valence-electron chi connectivity index (χ4n) is 3.10. The van der Waals surface area contributed by atoms with Gasteiger partial charge in [0.1, 0.15) is 24.2 Å². The fraction of sp³-hybridized carbons (Fsp3) is 0.625. The van der Waals surface area contributed by atoms with Crippen LogP contribution in [0.25, 0.3) is 11.2 Å². The normalized spacial score (nSPS) is 22.8. The second-order valence-electron chi connectivity index (χ2n) is 6.62. The second-order valence-corrected chi connectivity index (χ2v) is 8.93. The third-order valence-electron chi connectivity index (χ3n) is 4.61. The molecule has 0 aromatic carbocycles. The monoisotopic (exact) mass is 412 g/mol. The number of ether oxygens (including phenoxy) is 2. The lowest BCUT2D eigenvalue weighted by Crippen LogP contribution is -2.42. The molecule has 3 rings (SSSR count). The zero-order valence-electron chi connectivity index (χ0n) is 16.1. The van der Waals surface area contributed by atoms with E-state index in [4.69, 9.17) is 19.7 Å². The quantitative estimate of drug-likeness (QED) is 0.523. The highest BCUT2D eigenvalue weighted by molar-refractivity contribution is 7.56. The summed E-state index contributed by atoms with van der Waals surface area (Å²) in [6.07, 6.45) is 3.24. The van der Waals surface area contributed by atoms with Crippen LogP contribution in [-0.4, -0.2) is 68.9 Å². The zero-order valence-corrected chi connectivity index (χ0v) is 17.0.